The summed E-state index contributed by atoms with van der Waals surface area (Å²) < 4.78 is 4.34. The molecule has 1 atom stereocenters. The number of aliphatic carboxylic acids is 1. The highest BCUT2D eigenvalue weighted by Gasteiger charge is 2.44. The molecule has 1 fully saturated rings. The maximum Gasteiger partial charge on any atom is 0.311 e. The highest BCUT2D eigenvalue weighted by atomic mass is 32.1. The van der Waals surface area contributed by atoms with Crippen molar-refractivity contribution in [1.82, 2.24) is 9.36 Å². The third-order valence-electron chi connectivity index (χ3n) is 3.75. The number of aromatic nitrogens is 2. The average Bonchev–Trinajstić information content (AvgIpc) is 2.95. The van der Waals surface area contributed by atoms with Crippen LogP contribution in [-0.2, 0) is 4.79 Å². The largest absolute Gasteiger partial charge is 0.481 e. The van der Waals surface area contributed by atoms with Crippen LogP contribution in [-0.4, -0.2) is 33.5 Å². The molecule has 0 bridgehead atoms. The molecule has 1 aliphatic rings. The zero-order chi connectivity index (χ0) is 14.0. The lowest BCUT2D eigenvalue weighted by Gasteiger charge is -2.23. The molecule has 1 aromatic heterocycles. The van der Waals surface area contributed by atoms with Gasteiger partial charge in [0.25, 0.3) is 0 Å². The highest BCUT2D eigenvalue weighted by Crippen LogP contribution is 2.38. The van der Waals surface area contributed by atoms with E-state index in [1.807, 2.05) is 6.92 Å². The van der Waals surface area contributed by atoms with E-state index in [1.54, 1.807) is 0 Å². The molecule has 5 nitrogen and oxygen atoms in total. The minimum atomic E-state index is -0.676. The Labute approximate surface area is 117 Å². The fourth-order valence-corrected chi connectivity index (χ4v) is 3.42. The summed E-state index contributed by atoms with van der Waals surface area (Å²) in [6.45, 7) is 7.49. The third-order valence-corrected chi connectivity index (χ3v) is 4.55. The number of carbonyl (C=O) groups is 1. The second-order valence-corrected chi connectivity index (χ2v) is 6.33. The Bertz CT molecular complexity index is 460. The first kappa shape index (κ1) is 14.2. The maximum absolute atomic E-state index is 11.5. The van der Waals surface area contributed by atoms with Crippen LogP contribution >= 0.6 is 11.5 Å². The van der Waals surface area contributed by atoms with Crippen molar-refractivity contribution in [3.63, 3.8) is 0 Å². The van der Waals surface area contributed by atoms with Crippen LogP contribution in [0.2, 0.25) is 0 Å². The molecule has 0 spiro atoms. The van der Waals surface area contributed by atoms with Crippen LogP contribution in [0.15, 0.2) is 0 Å². The molecule has 106 valence electrons. The van der Waals surface area contributed by atoms with Crippen LogP contribution in [0.1, 0.15) is 51.8 Å². The molecule has 1 aromatic rings. The smallest absolute Gasteiger partial charge is 0.311 e. The van der Waals surface area contributed by atoms with E-state index in [1.165, 1.54) is 11.5 Å². The van der Waals surface area contributed by atoms with Crippen molar-refractivity contribution in [3.8, 4) is 0 Å². The first-order chi connectivity index (χ1) is 8.98. The Morgan fingerprint density at radius 1 is 1.58 bits per heavy atom. The second-order valence-electron chi connectivity index (χ2n) is 5.60. The minimum absolute atomic E-state index is 0.312. The van der Waals surface area contributed by atoms with Gasteiger partial charge in [-0.25, -0.2) is 4.98 Å². The second kappa shape index (κ2) is 5.45. The molecule has 19 heavy (non-hydrogen) atoms. The van der Waals surface area contributed by atoms with Gasteiger partial charge in [0.2, 0.25) is 5.13 Å². The molecular formula is C13H21N3O2S. The number of nitrogens with zero attached hydrogens (tertiary/aromatic N) is 3. The van der Waals surface area contributed by atoms with E-state index in [0.717, 1.165) is 30.3 Å². The summed E-state index contributed by atoms with van der Waals surface area (Å²) in [6, 6.07) is 0. The average molecular weight is 283 g/mol. The minimum Gasteiger partial charge on any atom is -0.481 e. The van der Waals surface area contributed by atoms with Crippen molar-refractivity contribution >= 4 is 22.6 Å². The van der Waals surface area contributed by atoms with Gasteiger partial charge in [-0.15, -0.1) is 0 Å². The molecule has 6 heteroatoms. The Morgan fingerprint density at radius 3 is 2.84 bits per heavy atom. The lowest BCUT2D eigenvalue weighted by atomic mass is 9.83. The van der Waals surface area contributed by atoms with Gasteiger partial charge in [0.15, 0.2) is 0 Å². The standard InChI is InChI=1S/C13H21N3O2S/c1-4-5-13(11(17)18)6-7-16(8-13)12-14-10(9(2)3)15-19-12/h9H,4-8H2,1-3H3,(H,17,18). The van der Waals surface area contributed by atoms with Crippen molar-refractivity contribution in [2.75, 3.05) is 18.0 Å². The monoisotopic (exact) mass is 283 g/mol. The van der Waals surface area contributed by atoms with Crippen molar-refractivity contribution in [3.05, 3.63) is 5.82 Å². The van der Waals surface area contributed by atoms with Crippen LogP contribution in [0.25, 0.3) is 0 Å². The van der Waals surface area contributed by atoms with Crippen LogP contribution in [0.4, 0.5) is 5.13 Å². The van der Waals surface area contributed by atoms with E-state index in [-0.39, 0.29) is 0 Å². The van der Waals surface area contributed by atoms with E-state index >= 15 is 0 Å². The molecule has 0 aromatic carbocycles. The van der Waals surface area contributed by atoms with E-state index in [2.05, 4.69) is 28.1 Å². The molecule has 1 aliphatic heterocycles. The Balaban J connectivity index is 2.13. The van der Waals surface area contributed by atoms with Crippen LogP contribution in [0.3, 0.4) is 0 Å². The molecule has 0 saturated carbocycles. The van der Waals surface area contributed by atoms with Crippen molar-refractivity contribution in [2.45, 2.75) is 46.0 Å². The van der Waals surface area contributed by atoms with Crippen molar-refractivity contribution in [2.24, 2.45) is 5.41 Å². The number of carboxylic acid groups (broad SMARTS) is 1. The van der Waals surface area contributed by atoms with Gasteiger partial charge in [0.05, 0.1) is 5.41 Å². The molecule has 2 rings (SSSR count). The summed E-state index contributed by atoms with van der Waals surface area (Å²) in [5.74, 6) is 0.487. The lowest BCUT2D eigenvalue weighted by molar-refractivity contribution is -0.148. The SMILES string of the molecule is CCCC1(C(=O)O)CCN(c2nc(C(C)C)ns2)C1. The van der Waals surface area contributed by atoms with Gasteiger partial charge in [-0.1, -0.05) is 27.2 Å². The first-order valence-electron chi connectivity index (χ1n) is 6.80. The molecule has 0 amide bonds. The molecule has 1 unspecified atom stereocenters. The quantitative estimate of drug-likeness (QED) is 0.900. The lowest BCUT2D eigenvalue weighted by Crippen LogP contribution is -2.34. The number of hydrogen-bond donors (Lipinski definition) is 1. The number of carboxylic acids is 1. The van der Waals surface area contributed by atoms with Gasteiger partial charge in [-0.05, 0) is 12.8 Å². The summed E-state index contributed by atoms with van der Waals surface area (Å²) in [5, 5.41) is 10.4. The van der Waals surface area contributed by atoms with E-state index in [0.29, 0.717) is 18.9 Å². The highest BCUT2D eigenvalue weighted by molar-refractivity contribution is 7.09. The predicted octanol–water partition coefficient (Wildman–Crippen LogP) is 2.74. The fourth-order valence-electron chi connectivity index (χ4n) is 2.59. The van der Waals surface area contributed by atoms with Crippen molar-refractivity contribution < 1.29 is 9.90 Å². The number of hydrogen-bond acceptors (Lipinski definition) is 5. The zero-order valence-corrected chi connectivity index (χ0v) is 12.5. The Hall–Kier alpha value is -1.17. The molecule has 1 N–H and O–H groups in total. The van der Waals surface area contributed by atoms with E-state index in [9.17, 15) is 9.90 Å². The van der Waals surface area contributed by atoms with Crippen LogP contribution in [0, 0.1) is 5.41 Å². The third kappa shape index (κ3) is 2.73. The topological polar surface area (TPSA) is 66.3 Å². The Morgan fingerprint density at radius 2 is 2.32 bits per heavy atom. The first-order valence-corrected chi connectivity index (χ1v) is 7.58. The summed E-state index contributed by atoms with van der Waals surface area (Å²) in [4.78, 5) is 18.1. The summed E-state index contributed by atoms with van der Waals surface area (Å²) in [5.41, 5.74) is -0.599. The van der Waals surface area contributed by atoms with Gasteiger partial charge in [0.1, 0.15) is 5.82 Å². The summed E-state index contributed by atoms with van der Waals surface area (Å²) >= 11 is 1.38. The van der Waals surface area contributed by atoms with E-state index in [4.69, 9.17) is 0 Å². The van der Waals surface area contributed by atoms with Gasteiger partial charge in [-0.3, -0.25) is 4.79 Å². The summed E-state index contributed by atoms with van der Waals surface area (Å²) in [6.07, 6.45) is 2.33. The van der Waals surface area contributed by atoms with Crippen LogP contribution < -0.4 is 4.90 Å². The van der Waals surface area contributed by atoms with E-state index < -0.39 is 11.4 Å². The molecular weight excluding hydrogens is 262 g/mol. The molecule has 2 heterocycles. The van der Waals surface area contributed by atoms with Gasteiger partial charge in [-0.2, -0.15) is 4.37 Å². The molecule has 0 aliphatic carbocycles. The zero-order valence-electron chi connectivity index (χ0n) is 11.7. The number of anilines is 1. The number of rotatable bonds is 5. The van der Waals surface area contributed by atoms with Crippen LogP contribution in [0.5, 0.6) is 0 Å². The maximum atomic E-state index is 11.5. The Kier molecular flexibility index (Phi) is 4.08. The van der Waals surface area contributed by atoms with Crippen molar-refractivity contribution in [1.29, 1.82) is 0 Å². The van der Waals surface area contributed by atoms with Gasteiger partial charge in [0, 0.05) is 30.5 Å². The van der Waals surface area contributed by atoms with Gasteiger partial charge >= 0.3 is 5.97 Å². The molecule has 0 radical (unpaired) electrons. The fraction of sp³-hybridized carbons (Fsp3) is 0.769. The molecule has 1 saturated heterocycles. The van der Waals surface area contributed by atoms with Gasteiger partial charge < -0.3 is 10.0 Å². The predicted molar refractivity (Wildman–Crippen MR) is 75.8 cm³/mol. The normalized spacial score (nSPS) is 23.3. The summed E-state index contributed by atoms with van der Waals surface area (Å²) in [7, 11) is 0.